The van der Waals surface area contributed by atoms with Crippen molar-refractivity contribution >= 4 is 78.5 Å². The van der Waals surface area contributed by atoms with Crippen molar-refractivity contribution in [1.29, 1.82) is 0 Å². The Bertz CT molecular complexity index is 2640. The lowest BCUT2D eigenvalue weighted by molar-refractivity contribution is 1.18. The lowest BCUT2D eigenvalue weighted by Gasteiger charge is -2.11. The van der Waals surface area contributed by atoms with E-state index < -0.39 is 0 Å². The lowest BCUT2D eigenvalue weighted by Crippen LogP contribution is -1.95. The highest BCUT2D eigenvalue weighted by Gasteiger charge is 2.12. The van der Waals surface area contributed by atoms with Crippen molar-refractivity contribution in [3.8, 4) is 11.4 Å². The second kappa shape index (κ2) is 13.4. The highest BCUT2D eigenvalue weighted by atomic mass is 15.0. The van der Waals surface area contributed by atoms with Gasteiger partial charge in [0.1, 0.15) is 0 Å². The Morgan fingerprint density at radius 2 is 0.537 bits per heavy atom. The molecule has 0 aliphatic rings. The Labute approximate surface area is 313 Å². The van der Waals surface area contributed by atoms with Crippen molar-refractivity contribution in [2.75, 3.05) is 10.6 Å². The van der Waals surface area contributed by atoms with Crippen LogP contribution < -0.4 is 10.6 Å². The molecular weight excluding hydrogens is 657 g/mol. The van der Waals surface area contributed by atoms with Crippen LogP contribution in [0.3, 0.4) is 0 Å². The minimum atomic E-state index is 1.05. The van der Waals surface area contributed by atoms with Crippen LogP contribution in [0.4, 0.5) is 22.7 Å². The molecule has 256 valence electrons. The van der Waals surface area contributed by atoms with Crippen LogP contribution in [0.2, 0.25) is 0 Å². The zero-order valence-corrected chi connectivity index (χ0v) is 29.5. The van der Waals surface area contributed by atoms with Crippen LogP contribution in [0, 0.1) is 0 Å². The fourth-order valence-corrected chi connectivity index (χ4v) is 7.67. The first-order valence-electron chi connectivity index (χ1n) is 18.3. The van der Waals surface area contributed by atoms with Gasteiger partial charge in [0.05, 0.1) is 22.1 Å². The summed E-state index contributed by atoms with van der Waals surface area (Å²) in [6, 6.07) is 68.8. The van der Waals surface area contributed by atoms with Crippen molar-refractivity contribution in [3.63, 3.8) is 0 Å². The summed E-state index contributed by atoms with van der Waals surface area (Å²) in [6.45, 7) is 0. The number of nitrogens with zero attached hydrogens (tertiary/aromatic N) is 2. The van der Waals surface area contributed by atoms with Crippen LogP contribution in [0.1, 0.15) is 11.1 Å². The van der Waals surface area contributed by atoms with E-state index in [-0.39, 0.29) is 0 Å². The monoisotopic (exact) mass is 692 g/mol. The molecule has 54 heavy (non-hydrogen) atoms. The zero-order chi connectivity index (χ0) is 35.8. The smallest absolute Gasteiger partial charge is 0.0541 e. The minimum absolute atomic E-state index is 1.05. The summed E-state index contributed by atoms with van der Waals surface area (Å²) in [5.41, 5.74) is 13.7. The van der Waals surface area contributed by atoms with E-state index in [2.05, 4.69) is 226 Å². The number of rotatable bonds is 8. The molecule has 0 saturated carbocycles. The molecule has 10 aromatic rings. The first-order valence-corrected chi connectivity index (χ1v) is 18.3. The number of anilines is 4. The molecule has 0 atom stereocenters. The molecule has 10 rings (SSSR count). The summed E-state index contributed by atoms with van der Waals surface area (Å²) in [6.07, 6.45) is 4.31. The Morgan fingerprint density at radius 1 is 0.278 bits per heavy atom. The fourth-order valence-electron chi connectivity index (χ4n) is 7.67. The maximum Gasteiger partial charge on any atom is 0.0541 e. The van der Waals surface area contributed by atoms with Crippen molar-refractivity contribution in [2.45, 2.75) is 0 Å². The zero-order valence-electron chi connectivity index (χ0n) is 29.5. The van der Waals surface area contributed by atoms with Crippen molar-refractivity contribution in [2.24, 2.45) is 0 Å². The van der Waals surface area contributed by atoms with Gasteiger partial charge in [-0.25, -0.2) is 0 Å². The number of fused-ring (bicyclic) bond motifs is 6. The topological polar surface area (TPSA) is 33.9 Å². The molecule has 2 aromatic heterocycles. The second-order valence-corrected chi connectivity index (χ2v) is 13.7. The van der Waals surface area contributed by atoms with Gasteiger partial charge in [-0.1, -0.05) is 109 Å². The molecule has 2 N–H and O–H groups in total. The summed E-state index contributed by atoms with van der Waals surface area (Å²) in [5, 5.41) is 12.2. The largest absolute Gasteiger partial charge is 0.356 e. The number of hydrogen-bond donors (Lipinski definition) is 2. The number of para-hydroxylation sites is 4. The molecule has 0 fully saturated rings. The standard InChI is InChI=1S/C50H36N4/c1-5-13-47-43(9-1)44-10-2-6-14-48(44)53(47)41-31-27-39(28-32-41)51-37-23-19-35(20-24-37)17-18-36-21-25-38(26-22-36)52-40-29-33-42(34-30-40)54-49-15-7-3-11-45(49)46-12-4-8-16-50(46)54/h1-34,51-52H/b18-17+. The number of nitrogens with one attached hydrogen (secondary N) is 2. The van der Waals surface area contributed by atoms with E-state index in [4.69, 9.17) is 0 Å². The molecule has 0 amide bonds. The summed E-state index contributed by atoms with van der Waals surface area (Å²) in [5.74, 6) is 0. The van der Waals surface area contributed by atoms with Crippen LogP contribution >= 0.6 is 0 Å². The molecule has 0 bridgehead atoms. The van der Waals surface area contributed by atoms with E-state index in [1.165, 1.54) is 43.6 Å². The molecular formula is C50H36N4. The fraction of sp³-hybridized carbons (Fsp3) is 0. The summed E-state index contributed by atoms with van der Waals surface area (Å²) >= 11 is 0. The Balaban J connectivity index is 0.785. The van der Waals surface area contributed by atoms with Gasteiger partial charge in [0, 0.05) is 55.7 Å². The average molecular weight is 693 g/mol. The van der Waals surface area contributed by atoms with Crippen LogP contribution in [0.25, 0.3) is 67.1 Å². The van der Waals surface area contributed by atoms with Crippen molar-refractivity contribution in [3.05, 3.63) is 205 Å². The second-order valence-electron chi connectivity index (χ2n) is 13.7. The first-order chi connectivity index (χ1) is 26.7. The van der Waals surface area contributed by atoms with Crippen molar-refractivity contribution in [1.82, 2.24) is 9.13 Å². The van der Waals surface area contributed by atoms with Gasteiger partial charge in [-0.3, -0.25) is 0 Å². The Hall–Kier alpha value is -7.30. The van der Waals surface area contributed by atoms with Gasteiger partial charge in [-0.15, -0.1) is 0 Å². The molecule has 2 heterocycles. The molecule has 0 spiro atoms. The minimum Gasteiger partial charge on any atom is -0.356 e. The van der Waals surface area contributed by atoms with Gasteiger partial charge < -0.3 is 19.8 Å². The van der Waals surface area contributed by atoms with Gasteiger partial charge >= 0.3 is 0 Å². The number of aromatic nitrogens is 2. The molecule has 4 nitrogen and oxygen atoms in total. The highest BCUT2D eigenvalue weighted by molar-refractivity contribution is 6.10. The Kier molecular flexibility index (Phi) is 7.77. The molecule has 4 heteroatoms. The lowest BCUT2D eigenvalue weighted by atomic mass is 10.1. The van der Waals surface area contributed by atoms with Crippen molar-refractivity contribution < 1.29 is 0 Å². The number of benzene rings is 8. The predicted molar refractivity (Wildman–Crippen MR) is 230 cm³/mol. The third-order valence-electron chi connectivity index (χ3n) is 10.3. The molecule has 0 unspecified atom stereocenters. The Morgan fingerprint density at radius 3 is 0.833 bits per heavy atom. The molecule has 8 aromatic carbocycles. The third kappa shape index (κ3) is 5.76. The van der Waals surface area contributed by atoms with Crippen LogP contribution in [-0.2, 0) is 0 Å². The van der Waals surface area contributed by atoms with Gasteiger partial charge in [-0.05, 0) is 108 Å². The van der Waals surface area contributed by atoms with Gasteiger partial charge in [-0.2, -0.15) is 0 Å². The van der Waals surface area contributed by atoms with E-state index in [1.54, 1.807) is 0 Å². The van der Waals surface area contributed by atoms with Crippen LogP contribution in [0.15, 0.2) is 194 Å². The van der Waals surface area contributed by atoms with E-state index >= 15 is 0 Å². The SMILES string of the molecule is C(=C\c1ccc(Nc2ccc(-n3c4ccccc4c4ccccc43)cc2)cc1)/c1ccc(Nc2ccc(-n3c4ccccc4c4ccccc43)cc2)cc1. The van der Waals surface area contributed by atoms with E-state index in [9.17, 15) is 0 Å². The summed E-state index contributed by atoms with van der Waals surface area (Å²) < 4.78 is 4.68. The highest BCUT2D eigenvalue weighted by Crippen LogP contribution is 2.34. The first kappa shape index (κ1) is 31.4. The van der Waals surface area contributed by atoms with E-state index in [1.807, 2.05) is 0 Å². The molecule has 0 saturated heterocycles. The van der Waals surface area contributed by atoms with Crippen LogP contribution in [-0.4, -0.2) is 9.13 Å². The summed E-state index contributed by atoms with van der Waals surface area (Å²) in [7, 11) is 0. The summed E-state index contributed by atoms with van der Waals surface area (Å²) in [4.78, 5) is 0. The van der Waals surface area contributed by atoms with E-state index in [0.717, 1.165) is 45.3 Å². The molecule has 0 aliphatic heterocycles. The maximum atomic E-state index is 3.56. The van der Waals surface area contributed by atoms with Gasteiger partial charge in [0.15, 0.2) is 0 Å². The van der Waals surface area contributed by atoms with Gasteiger partial charge in [0.2, 0.25) is 0 Å². The van der Waals surface area contributed by atoms with Gasteiger partial charge in [0.25, 0.3) is 0 Å². The quantitative estimate of drug-likeness (QED) is 0.155. The normalized spacial score (nSPS) is 11.6. The molecule has 0 aliphatic carbocycles. The van der Waals surface area contributed by atoms with Crippen LogP contribution in [0.5, 0.6) is 0 Å². The average Bonchev–Trinajstić information content (AvgIpc) is 3.75. The number of hydrogen-bond acceptors (Lipinski definition) is 2. The predicted octanol–water partition coefficient (Wildman–Crippen LogP) is 13.5. The maximum absolute atomic E-state index is 3.56. The third-order valence-corrected chi connectivity index (χ3v) is 10.3. The molecule has 0 radical (unpaired) electrons. The van der Waals surface area contributed by atoms with E-state index in [0.29, 0.717) is 0 Å².